The van der Waals surface area contributed by atoms with Crippen molar-refractivity contribution in [2.24, 2.45) is 5.73 Å². The lowest BCUT2D eigenvalue weighted by molar-refractivity contribution is -0.275. The Labute approximate surface area is 436 Å². The molecule has 0 aliphatic rings. The lowest BCUT2D eigenvalue weighted by Crippen LogP contribution is -2.44. The monoisotopic (exact) mass is 1150 g/mol. The molecule has 0 bridgehead atoms. The van der Waals surface area contributed by atoms with E-state index in [1.54, 1.807) is 72.8 Å². The maximum Gasteiger partial charge on any atom is 0.573 e. The Morgan fingerprint density at radius 3 is 0.949 bits per heavy atom. The lowest BCUT2D eigenvalue weighted by atomic mass is 9.70. The predicted octanol–water partition coefficient (Wildman–Crippen LogP) is 14.1. The molecule has 0 fully saturated rings. The van der Waals surface area contributed by atoms with E-state index in [9.17, 15) is 88.6 Å². The molecule has 0 spiro atoms. The number of hydrogen-bond acceptors (Lipinski definition) is 7. The third-order valence-corrected chi connectivity index (χ3v) is 10.8. The van der Waals surface area contributed by atoms with Crippen LogP contribution in [0.15, 0.2) is 158 Å². The van der Waals surface area contributed by atoms with Crippen LogP contribution in [-0.2, 0) is 33.3 Å². The molecule has 428 valence electrons. The number of benzene rings is 6. The number of ether oxygens (including phenoxy) is 4. The maximum absolute atomic E-state index is 13.0. The fraction of sp³-hybridized carbons (Fsp3) is 0.269. The second-order valence-electron chi connectivity index (χ2n) is 16.8. The van der Waals surface area contributed by atoms with Crippen molar-refractivity contribution in [3.05, 3.63) is 191 Å². The number of carbonyl (C=O) groups is 2. The molecule has 79 heavy (non-hydrogen) atoms. The van der Waals surface area contributed by atoms with Crippen LogP contribution in [0.4, 0.5) is 79.0 Å². The van der Waals surface area contributed by atoms with E-state index in [-0.39, 0.29) is 30.5 Å². The summed E-state index contributed by atoms with van der Waals surface area (Å²) < 4.78 is 242. The molecular weight excluding hydrogens is 1110 g/mol. The van der Waals surface area contributed by atoms with E-state index < -0.39 is 103 Å². The first-order chi connectivity index (χ1) is 36.5. The van der Waals surface area contributed by atoms with Crippen molar-refractivity contribution in [1.82, 2.24) is 5.32 Å². The smallest absolute Gasteiger partial charge is 0.481 e. The van der Waals surface area contributed by atoms with Gasteiger partial charge in [-0.25, -0.2) is 0 Å². The van der Waals surface area contributed by atoms with Crippen LogP contribution in [0.3, 0.4) is 0 Å². The van der Waals surface area contributed by atoms with E-state index >= 15 is 0 Å². The summed E-state index contributed by atoms with van der Waals surface area (Å²) in [6.45, 7) is -0.728. The Balaban J connectivity index is 0.000000303. The summed E-state index contributed by atoms with van der Waals surface area (Å²) in [6, 6.07) is 36.6. The number of carboxylic acid groups (broad SMARTS) is 1. The van der Waals surface area contributed by atoms with Gasteiger partial charge < -0.3 is 35.1 Å². The van der Waals surface area contributed by atoms with Crippen molar-refractivity contribution in [2.75, 3.05) is 13.1 Å². The molecule has 6 rings (SSSR count). The van der Waals surface area contributed by atoms with Gasteiger partial charge in [0.2, 0.25) is 5.91 Å². The van der Waals surface area contributed by atoms with Gasteiger partial charge >= 0.3 is 43.8 Å². The number of aliphatic carboxylic acids is 1. The van der Waals surface area contributed by atoms with Gasteiger partial charge in [-0.05, 0) is 94.8 Å². The van der Waals surface area contributed by atoms with Gasteiger partial charge in [0.25, 0.3) is 0 Å². The first kappa shape index (κ1) is 63.7. The Hall–Kier alpha value is -7.84. The highest BCUT2D eigenvalue weighted by molar-refractivity contribution is 5.77. The normalized spacial score (nSPS) is 12.4. The third-order valence-electron chi connectivity index (χ3n) is 10.8. The fourth-order valence-corrected chi connectivity index (χ4v) is 7.83. The van der Waals surface area contributed by atoms with Crippen molar-refractivity contribution in [3.63, 3.8) is 0 Å². The van der Waals surface area contributed by atoms with Crippen molar-refractivity contribution >= 4 is 11.9 Å². The molecule has 0 aliphatic heterocycles. The van der Waals surface area contributed by atoms with Gasteiger partial charge in [0.15, 0.2) is 0 Å². The summed E-state index contributed by atoms with van der Waals surface area (Å²) in [6.07, 6.45) is -32.9. The summed E-state index contributed by atoms with van der Waals surface area (Å²) in [7, 11) is 0. The van der Waals surface area contributed by atoms with Crippen molar-refractivity contribution in [1.29, 1.82) is 0 Å². The SMILES string of the molecule is NCC(Cc1ccccc1)(c1cccc(OC(F)(F)F)c1)c1cccc(OC(F)(F)F)c1.O=C(CC(F)(F)F)NCC(Cc1ccccc1)(c1cccc(OC(F)(F)F)c1)c1cccc(OC(F)(F)F)c1.O=C(O)CC(F)(F)F. The fourth-order valence-electron chi connectivity index (χ4n) is 7.83. The van der Waals surface area contributed by atoms with Crippen molar-refractivity contribution < 1.29 is 113 Å². The number of hydrogen-bond donors (Lipinski definition) is 3. The zero-order valence-electron chi connectivity index (χ0n) is 40.0. The second kappa shape index (κ2) is 26.2. The van der Waals surface area contributed by atoms with E-state index in [0.29, 0.717) is 16.7 Å². The molecule has 1 amide bonds. The highest BCUT2D eigenvalue weighted by Gasteiger charge is 2.41. The number of alkyl halides is 18. The van der Waals surface area contributed by atoms with Crippen LogP contribution >= 0.6 is 0 Å². The minimum Gasteiger partial charge on any atom is -0.481 e. The molecule has 0 saturated carbocycles. The molecule has 0 atom stereocenters. The van der Waals surface area contributed by atoms with Gasteiger partial charge in [-0.3, -0.25) is 9.59 Å². The van der Waals surface area contributed by atoms with Crippen LogP contribution in [0.2, 0.25) is 0 Å². The summed E-state index contributed by atoms with van der Waals surface area (Å²) in [5, 5.41) is 9.68. The highest BCUT2D eigenvalue weighted by Crippen LogP contribution is 2.42. The quantitative estimate of drug-likeness (QED) is 0.0770. The van der Waals surface area contributed by atoms with E-state index in [1.807, 2.05) is 0 Å². The highest BCUT2D eigenvalue weighted by atomic mass is 19.4. The molecule has 0 radical (unpaired) electrons. The first-order valence-corrected chi connectivity index (χ1v) is 22.3. The summed E-state index contributed by atoms with van der Waals surface area (Å²) >= 11 is 0. The summed E-state index contributed by atoms with van der Waals surface area (Å²) in [4.78, 5) is 21.4. The van der Waals surface area contributed by atoms with Crippen LogP contribution in [0.1, 0.15) is 46.2 Å². The number of halogens is 18. The number of rotatable bonds is 17. The minimum atomic E-state index is -5.08. The van der Waals surface area contributed by atoms with Gasteiger partial charge in [0.05, 0.1) is 0 Å². The molecule has 27 heteroatoms. The van der Waals surface area contributed by atoms with Crippen molar-refractivity contribution in [3.8, 4) is 23.0 Å². The molecular formula is C52H42F18N2O7. The average molecular weight is 1150 g/mol. The summed E-state index contributed by atoms with van der Waals surface area (Å²) in [5.41, 5.74) is 5.39. The predicted molar refractivity (Wildman–Crippen MR) is 245 cm³/mol. The Bertz CT molecular complexity index is 2770. The first-order valence-electron chi connectivity index (χ1n) is 22.3. The molecule has 0 heterocycles. The molecule has 0 saturated heterocycles. The van der Waals surface area contributed by atoms with E-state index in [4.69, 9.17) is 10.8 Å². The summed E-state index contributed by atoms with van der Waals surface area (Å²) in [5.74, 6) is -5.56. The molecule has 0 aromatic heterocycles. The number of carboxylic acids is 1. The lowest BCUT2D eigenvalue weighted by Gasteiger charge is -2.36. The topological polar surface area (TPSA) is 129 Å². The van der Waals surface area contributed by atoms with E-state index in [2.05, 4.69) is 24.3 Å². The Kier molecular flexibility index (Phi) is 21.1. The van der Waals surface area contributed by atoms with E-state index in [1.165, 1.54) is 48.5 Å². The van der Waals surface area contributed by atoms with E-state index in [0.717, 1.165) is 42.0 Å². The minimum absolute atomic E-state index is 0.0181. The second-order valence-corrected chi connectivity index (χ2v) is 16.8. The Morgan fingerprint density at radius 1 is 0.405 bits per heavy atom. The van der Waals surface area contributed by atoms with Gasteiger partial charge in [-0.1, -0.05) is 109 Å². The van der Waals surface area contributed by atoms with Crippen molar-refractivity contribution in [2.45, 2.75) is 74.3 Å². The molecule has 9 nitrogen and oxygen atoms in total. The standard InChI is InChI=1S/C26H20F9NO3.C23H19F6NO2.C3H3F3O2/c27-24(28,29)15-22(37)36-16-23(14-17-6-2-1-3-7-17,18-8-4-10-20(12-18)38-25(30,31)32)19-9-5-11-21(13-19)39-26(33,34)35;24-22(25,26)31-19-10-4-8-17(12-19)21(15-30,14-16-6-2-1-3-7-16)18-9-5-11-20(13-18)32-23(27,28)29;4-3(5,6)1-2(7)8/h1-13H,14-16H2,(H,36,37);1-13H,14-15,30H2;1H2,(H,7,8). The van der Waals surface area contributed by atoms with Crippen LogP contribution in [-0.4, -0.2) is 67.9 Å². The van der Waals surface area contributed by atoms with Crippen LogP contribution in [0, 0.1) is 0 Å². The third kappa shape index (κ3) is 22.2. The zero-order valence-corrected chi connectivity index (χ0v) is 40.0. The number of amides is 1. The number of nitrogens with two attached hydrogens (primary N) is 1. The molecule has 4 N–H and O–H groups in total. The number of carbonyl (C=O) groups excluding carboxylic acids is 1. The number of nitrogens with one attached hydrogen (secondary N) is 1. The average Bonchev–Trinajstić information content (AvgIpc) is 3.30. The Morgan fingerprint density at radius 2 is 0.696 bits per heavy atom. The largest absolute Gasteiger partial charge is 0.573 e. The van der Waals surface area contributed by atoms with Crippen LogP contribution in [0.25, 0.3) is 0 Å². The zero-order chi connectivity index (χ0) is 59.1. The van der Waals surface area contributed by atoms with Gasteiger partial charge in [-0.2, -0.15) is 26.3 Å². The van der Waals surface area contributed by atoms with Gasteiger partial charge in [0, 0.05) is 23.9 Å². The molecule has 0 unspecified atom stereocenters. The molecule has 0 aliphatic carbocycles. The van der Waals surface area contributed by atoms with Gasteiger partial charge in [0.1, 0.15) is 35.8 Å². The maximum atomic E-state index is 13.0. The molecule has 6 aromatic carbocycles. The van der Waals surface area contributed by atoms with Crippen LogP contribution < -0.4 is 30.0 Å². The molecule has 6 aromatic rings. The van der Waals surface area contributed by atoms with Crippen LogP contribution in [0.5, 0.6) is 23.0 Å². The van der Waals surface area contributed by atoms with Gasteiger partial charge in [-0.15, -0.1) is 52.7 Å².